The summed E-state index contributed by atoms with van der Waals surface area (Å²) in [4.78, 5) is 12.9. The number of anilines is 1. The molecular formula is C24H26N4O4. The molecule has 0 saturated heterocycles. The van der Waals surface area contributed by atoms with Gasteiger partial charge in [-0.3, -0.25) is 9.48 Å². The maximum atomic E-state index is 12.9. The van der Waals surface area contributed by atoms with Crippen molar-refractivity contribution in [3.63, 3.8) is 0 Å². The number of carbonyl (C=O) groups is 1. The summed E-state index contributed by atoms with van der Waals surface area (Å²) in [6, 6.07) is 14.4. The molecule has 2 heterocycles. The fraction of sp³-hybridized carbons (Fsp3) is 0.250. The standard InChI is InChI=1S/C24H26N4O4/c1-4-32-20-10-9-16(13-21(20)31-3)19(14-23(29)25-22-11-12-27(2)26-22)28-15-17-7-5-6-8-18(17)24(28)30/h5-13,15,19,30H,4,14H2,1-3H3,(H,25,26,29). The van der Waals surface area contributed by atoms with Crippen LogP contribution in [0.25, 0.3) is 10.8 Å². The van der Waals surface area contributed by atoms with Gasteiger partial charge in [-0.2, -0.15) is 5.10 Å². The Labute approximate surface area is 186 Å². The van der Waals surface area contributed by atoms with Gasteiger partial charge in [0, 0.05) is 36.3 Å². The van der Waals surface area contributed by atoms with Gasteiger partial charge in [0.05, 0.1) is 26.2 Å². The molecule has 2 aromatic heterocycles. The number of methoxy groups -OCH3 is 1. The molecule has 8 heteroatoms. The van der Waals surface area contributed by atoms with Gasteiger partial charge in [0.15, 0.2) is 23.2 Å². The van der Waals surface area contributed by atoms with Crippen LogP contribution in [0.4, 0.5) is 5.82 Å². The topological polar surface area (TPSA) is 90.5 Å². The fourth-order valence-electron chi connectivity index (χ4n) is 3.80. The van der Waals surface area contributed by atoms with Crippen molar-refractivity contribution >= 4 is 22.5 Å². The summed E-state index contributed by atoms with van der Waals surface area (Å²) in [7, 11) is 3.36. The number of aromatic hydroxyl groups is 1. The van der Waals surface area contributed by atoms with Gasteiger partial charge in [-0.05, 0) is 30.7 Å². The number of fused-ring (bicyclic) bond motifs is 1. The molecule has 4 aromatic rings. The van der Waals surface area contributed by atoms with Gasteiger partial charge in [0.2, 0.25) is 5.91 Å². The first-order valence-electron chi connectivity index (χ1n) is 10.4. The molecule has 8 nitrogen and oxygen atoms in total. The smallest absolute Gasteiger partial charge is 0.228 e. The average molecular weight is 434 g/mol. The lowest BCUT2D eigenvalue weighted by molar-refractivity contribution is -0.116. The predicted octanol–water partition coefficient (Wildman–Crippen LogP) is 4.11. The molecule has 1 atom stereocenters. The molecule has 0 fully saturated rings. The molecular weight excluding hydrogens is 408 g/mol. The molecule has 0 bridgehead atoms. The maximum absolute atomic E-state index is 12.9. The Morgan fingerprint density at radius 3 is 2.69 bits per heavy atom. The van der Waals surface area contributed by atoms with Crippen LogP contribution >= 0.6 is 0 Å². The maximum Gasteiger partial charge on any atom is 0.228 e. The molecule has 1 unspecified atom stereocenters. The number of nitrogens with zero attached hydrogens (tertiary/aromatic N) is 3. The van der Waals surface area contributed by atoms with E-state index in [1.807, 2.05) is 55.6 Å². The molecule has 166 valence electrons. The van der Waals surface area contributed by atoms with Crippen LogP contribution in [0.15, 0.2) is 60.9 Å². The molecule has 0 spiro atoms. The number of nitrogens with one attached hydrogen (secondary N) is 1. The van der Waals surface area contributed by atoms with Crippen LogP contribution in [-0.2, 0) is 11.8 Å². The lowest BCUT2D eigenvalue weighted by atomic mass is 10.0. The van der Waals surface area contributed by atoms with Crippen molar-refractivity contribution in [2.75, 3.05) is 19.0 Å². The van der Waals surface area contributed by atoms with E-state index in [-0.39, 0.29) is 18.2 Å². The average Bonchev–Trinajstić information content (AvgIpc) is 3.35. The van der Waals surface area contributed by atoms with Crippen molar-refractivity contribution < 1.29 is 19.4 Å². The van der Waals surface area contributed by atoms with E-state index >= 15 is 0 Å². The minimum Gasteiger partial charge on any atom is -0.494 e. The van der Waals surface area contributed by atoms with Crippen molar-refractivity contribution in [2.45, 2.75) is 19.4 Å². The van der Waals surface area contributed by atoms with Gasteiger partial charge < -0.3 is 24.5 Å². The molecule has 4 rings (SSSR count). The number of hydrogen-bond donors (Lipinski definition) is 2. The highest BCUT2D eigenvalue weighted by Crippen LogP contribution is 2.37. The number of aryl methyl sites for hydroxylation is 1. The highest BCUT2D eigenvalue weighted by molar-refractivity contribution is 5.91. The van der Waals surface area contributed by atoms with Crippen molar-refractivity contribution in [2.24, 2.45) is 7.05 Å². The van der Waals surface area contributed by atoms with Gasteiger partial charge in [-0.25, -0.2) is 0 Å². The van der Waals surface area contributed by atoms with Gasteiger partial charge >= 0.3 is 0 Å². The number of hydrogen-bond acceptors (Lipinski definition) is 5. The quantitative estimate of drug-likeness (QED) is 0.436. The van der Waals surface area contributed by atoms with Crippen molar-refractivity contribution in [1.82, 2.24) is 14.3 Å². The lowest BCUT2D eigenvalue weighted by Crippen LogP contribution is -2.20. The van der Waals surface area contributed by atoms with Crippen LogP contribution < -0.4 is 14.8 Å². The minimum atomic E-state index is -0.476. The second kappa shape index (κ2) is 9.05. The van der Waals surface area contributed by atoms with Crippen molar-refractivity contribution in [3.05, 3.63) is 66.5 Å². The Morgan fingerprint density at radius 1 is 1.19 bits per heavy atom. The second-order valence-corrected chi connectivity index (χ2v) is 7.43. The van der Waals surface area contributed by atoms with Gasteiger partial charge in [0.1, 0.15) is 0 Å². The van der Waals surface area contributed by atoms with E-state index in [9.17, 15) is 9.90 Å². The molecule has 0 aliphatic heterocycles. The summed E-state index contributed by atoms with van der Waals surface area (Å²) >= 11 is 0. The highest BCUT2D eigenvalue weighted by Gasteiger charge is 2.24. The van der Waals surface area contributed by atoms with Crippen LogP contribution in [0.2, 0.25) is 0 Å². The fourth-order valence-corrected chi connectivity index (χ4v) is 3.80. The molecule has 2 N–H and O–H groups in total. The number of aromatic nitrogens is 3. The Kier molecular flexibility index (Phi) is 6.02. The Morgan fingerprint density at radius 2 is 2.00 bits per heavy atom. The largest absolute Gasteiger partial charge is 0.494 e. The van der Waals surface area contributed by atoms with E-state index in [0.29, 0.717) is 23.9 Å². The normalized spacial score (nSPS) is 12.0. The Balaban J connectivity index is 1.73. The highest BCUT2D eigenvalue weighted by atomic mass is 16.5. The summed E-state index contributed by atoms with van der Waals surface area (Å²) in [6.45, 7) is 2.41. The number of amides is 1. The third-order valence-electron chi connectivity index (χ3n) is 5.29. The monoisotopic (exact) mass is 434 g/mol. The van der Waals surface area contributed by atoms with E-state index in [4.69, 9.17) is 9.47 Å². The van der Waals surface area contributed by atoms with E-state index in [1.165, 1.54) is 0 Å². The van der Waals surface area contributed by atoms with Crippen LogP contribution in [0, 0.1) is 0 Å². The molecule has 1 amide bonds. The van der Waals surface area contributed by atoms with E-state index in [2.05, 4.69) is 10.4 Å². The molecule has 32 heavy (non-hydrogen) atoms. The van der Waals surface area contributed by atoms with E-state index < -0.39 is 6.04 Å². The van der Waals surface area contributed by atoms with Crippen LogP contribution in [0.3, 0.4) is 0 Å². The zero-order chi connectivity index (χ0) is 22.7. The zero-order valence-electron chi connectivity index (χ0n) is 18.3. The van der Waals surface area contributed by atoms with Gasteiger partial charge in [0.25, 0.3) is 0 Å². The minimum absolute atomic E-state index is 0.0856. The summed E-state index contributed by atoms with van der Waals surface area (Å²) in [5.74, 6) is 1.54. The predicted molar refractivity (Wildman–Crippen MR) is 122 cm³/mol. The van der Waals surface area contributed by atoms with E-state index in [0.717, 1.165) is 16.3 Å². The van der Waals surface area contributed by atoms with Gasteiger partial charge in [-0.15, -0.1) is 0 Å². The third-order valence-corrected chi connectivity index (χ3v) is 5.29. The summed E-state index contributed by atoms with van der Waals surface area (Å²) in [5, 5.41) is 19.6. The first-order valence-corrected chi connectivity index (χ1v) is 10.4. The molecule has 0 saturated carbocycles. The summed E-state index contributed by atoms with van der Waals surface area (Å²) in [6.07, 6.45) is 3.70. The number of carbonyl (C=O) groups excluding carboxylic acids is 1. The zero-order valence-corrected chi connectivity index (χ0v) is 18.3. The number of ether oxygens (including phenoxy) is 2. The Hall–Kier alpha value is -3.94. The van der Waals surface area contributed by atoms with Gasteiger partial charge in [-0.1, -0.05) is 24.3 Å². The van der Waals surface area contributed by atoms with Crippen LogP contribution in [0.1, 0.15) is 24.9 Å². The molecule has 0 aliphatic rings. The first kappa shape index (κ1) is 21.3. The number of rotatable bonds is 8. The third kappa shape index (κ3) is 4.25. The second-order valence-electron chi connectivity index (χ2n) is 7.43. The molecule has 0 radical (unpaired) electrons. The SMILES string of the molecule is CCOc1ccc(C(CC(=O)Nc2ccn(C)n2)n2cc3ccccc3c2O)cc1OC. The van der Waals surface area contributed by atoms with Crippen LogP contribution in [-0.4, -0.2) is 39.1 Å². The van der Waals surface area contributed by atoms with Crippen molar-refractivity contribution in [1.29, 1.82) is 0 Å². The number of benzene rings is 2. The molecule has 2 aromatic carbocycles. The van der Waals surface area contributed by atoms with Crippen LogP contribution in [0.5, 0.6) is 17.4 Å². The van der Waals surface area contributed by atoms with Crippen molar-refractivity contribution in [3.8, 4) is 17.4 Å². The Bertz CT molecular complexity index is 1240. The lowest BCUT2D eigenvalue weighted by Gasteiger charge is -2.21. The van der Waals surface area contributed by atoms with E-state index in [1.54, 1.807) is 35.7 Å². The summed E-state index contributed by atoms with van der Waals surface area (Å²) in [5.41, 5.74) is 0.803. The molecule has 0 aliphatic carbocycles. The summed E-state index contributed by atoms with van der Waals surface area (Å²) < 4.78 is 14.5. The first-order chi connectivity index (χ1) is 15.5.